The number of rotatable bonds is 7. The van der Waals surface area contributed by atoms with E-state index in [1.165, 1.54) is 18.7 Å². The van der Waals surface area contributed by atoms with Gasteiger partial charge in [-0.3, -0.25) is 0 Å². The topological polar surface area (TPSA) is 33.1 Å². The molecule has 0 atom stereocenters. The van der Waals surface area contributed by atoms with Crippen molar-refractivity contribution >= 4 is 0 Å². The minimum Gasteiger partial charge on any atom is -0.338 e. The molecule has 1 aromatic rings. The third kappa shape index (κ3) is 3.61. The number of nitrogens with one attached hydrogen (secondary N) is 1. The van der Waals surface area contributed by atoms with Gasteiger partial charge >= 0.3 is 0 Å². The zero-order valence-corrected chi connectivity index (χ0v) is 10.3. The van der Waals surface area contributed by atoms with Crippen LogP contribution in [-0.2, 0) is 13.5 Å². The minimum atomic E-state index is 0.822. The van der Waals surface area contributed by atoms with Crippen LogP contribution in [0.15, 0.2) is 12.4 Å². The minimum absolute atomic E-state index is 0.822. The average Bonchev–Trinajstić information content (AvgIpc) is 2.99. The average molecular weight is 222 g/mol. The zero-order chi connectivity index (χ0) is 11.4. The molecule has 0 radical (unpaired) electrons. The summed E-state index contributed by atoms with van der Waals surface area (Å²) in [7, 11) is 4.23. The maximum absolute atomic E-state index is 4.33. The molecule has 0 saturated heterocycles. The molecule has 2 rings (SSSR count). The lowest BCUT2D eigenvalue weighted by molar-refractivity contribution is 0.331. The fourth-order valence-corrected chi connectivity index (χ4v) is 1.79. The highest BCUT2D eigenvalue weighted by Gasteiger charge is 2.19. The lowest BCUT2D eigenvalue weighted by Crippen LogP contribution is -2.31. The van der Waals surface area contributed by atoms with Gasteiger partial charge in [-0.25, -0.2) is 4.98 Å². The monoisotopic (exact) mass is 222 g/mol. The summed E-state index contributed by atoms with van der Waals surface area (Å²) >= 11 is 0. The Morgan fingerprint density at radius 2 is 2.31 bits per heavy atom. The van der Waals surface area contributed by atoms with Gasteiger partial charge in [0, 0.05) is 51.5 Å². The molecular weight excluding hydrogens is 200 g/mol. The van der Waals surface area contributed by atoms with Crippen LogP contribution < -0.4 is 5.32 Å². The first-order valence-corrected chi connectivity index (χ1v) is 6.14. The summed E-state index contributed by atoms with van der Waals surface area (Å²) in [6, 6.07) is 0.822. The third-order valence-corrected chi connectivity index (χ3v) is 3.14. The van der Waals surface area contributed by atoms with E-state index in [0.29, 0.717) is 0 Å². The number of aromatic nitrogens is 2. The Morgan fingerprint density at radius 3 is 2.94 bits per heavy atom. The van der Waals surface area contributed by atoms with Crippen molar-refractivity contribution in [1.82, 2.24) is 19.8 Å². The number of hydrogen-bond donors (Lipinski definition) is 1. The fraction of sp³-hybridized carbons (Fsp3) is 0.750. The van der Waals surface area contributed by atoms with Gasteiger partial charge in [0.05, 0.1) is 0 Å². The Hall–Kier alpha value is -0.870. The SMILES string of the molecule is CN(CCNC1CC1)CCc1nccn1C. The van der Waals surface area contributed by atoms with Crippen molar-refractivity contribution < 1.29 is 0 Å². The van der Waals surface area contributed by atoms with Crippen molar-refractivity contribution in [1.29, 1.82) is 0 Å². The molecule has 0 spiro atoms. The van der Waals surface area contributed by atoms with E-state index in [4.69, 9.17) is 0 Å². The maximum Gasteiger partial charge on any atom is 0.109 e. The van der Waals surface area contributed by atoms with E-state index in [0.717, 1.165) is 32.1 Å². The molecule has 0 aromatic carbocycles. The van der Waals surface area contributed by atoms with Gasteiger partial charge in [0.15, 0.2) is 0 Å². The Morgan fingerprint density at radius 1 is 1.50 bits per heavy atom. The van der Waals surface area contributed by atoms with Crippen molar-refractivity contribution in [3.05, 3.63) is 18.2 Å². The fourth-order valence-electron chi connectivity index (χ4n) is 1.79. The number of aryl methyl sites for hydroxylation is 1. The Labute approximate surface area is 97.7 Å². The Kier molecular flexibility index (Phi) is 3.96. The molecule has 0 amide bonds. The van der Waals surface area contributed by atoms with Crippen molar-refractivity contribution in [2.24, 2.45) is 7.05 Å². The first-order valence-electron chi connectivity index (χ1n) is 6.14. The normalized spacial score (nSPS) is 15.9. The van der Waals surface area contributed by atoms with E-state index in [-0.39, 0.29) is 0 Å². The van der Waals surface area contributed by atoms with Crippen LogP contribution in [0.25, 0.3) is 0 Å². The van der Waals surface area contributed by atoms with Crippen LogP contribution in [-0.4, -0.2) is 47.2 Å². The summed E-state index contributed by atoms with van der Waals surface area (Å²) < 4.78 is 2.09. The van der Waals surface area contributed by atoms with Crippen LogP contribution in [0.5, 0.6) is 0 Å². The van der Waals surface area contributed by atoms with Crippen molar-refractivity contribution in [3.8, 4) is 0 Å². The standard InChI is InChI=1S/C12H22N4/c1-15(9-6-13-11-3-4-11)8-5-12-14-7-10-16(12)2/h7,10-11,13H,3-6,8-9H2,1-2H3. The molecule has 1 N–H and O–H groups in total. The van der Waals surface area contributed by atoms with Gasteiger partial charge in [0.2, 0.25) is 0 Å². The van der Waals surface area contributed by atoms with Gasteiger partial charge in [0.25, 0.3) is 0 Å². The molecule has 16 heavy (non-hydrogen) atoms. The lowest BCUT2D eigenvalue weighted by atomic mass is 10.3. The molecule has 1 aliphatic rings. The van der Waals surface area contributed by atoms with Crippen molar-refractivity contribution in [2.45, 2.75) is 25.3 Å². The highest BCUT2D eigenvalue weighted by molar-refractivity contribution is 4.91. The van der Waals surface area contributed by atoms with Crippen LogP contribution in [0.3, 0.4) is 0 Å². The molecule has 4 heteroatoms. The molecule has 0 unspecified atom stereocenters. The first kappa shape index (κ1) is 11.6. The summed E-state index contributed by atoms with van der Waals surface area (Å²) in [6.07, 6.45) is 7.64. The van der Waals surface area contributed by atoms with E-state index in [9.17, 15) is 0 Å². The van der Waals surface area contributed by atoms with Gasteiger partial charge in [-0.05, 0) is 19.9 Å². The largest absolute Gasteiger partial charge is 0.338 e. The Bertz CT molecular complexity index is 317. The molecule has 1 saturated carbocycles. The van der Waals surface area contributed by atoms with Gasteiger partial charge < -0.3 is 14.8 Å². The summed E-state index contributed by atoms with van der Waals surface area (Å²) in [5.74, 6) is 1.17. The van der Waals surface area contributed by atoms with Gasteiger partial charge in [-0.15, -0.1) is 0 Å². The van der Waals surface area contributed by atoms with Crippen LogP contribution in [0.2, 0.25) is 0 Å². The zero-order valence-electron chi connectivity index (χ0n) is 10.3. The van der Waals surface area contributed by atoms with Gasteiger partial charge in [0.1, 0.15) is 5.82 Å². The molecule has 0 bridgehead atoms. The van der Waals surface area contributed by atoms with Crippen LogP contribution >= 0.6 is 0 Å². The Balaban J connectivity index is 1.59. The molecule has 1 aromatic heterocycles. The van der Waals surface area contributed by atoms with E-state index >= 15 is 0 Å². The third-order valence-electron chi connectivity index (χ3n) is 3.14. The van der Waals surface area contributed by atoms with Gasteiger partial charge in [-0.1, -0.05) is 0 Å². The molecule has 0 aliphatic heterocycles. The lowest BCUT2D eigenvalue weighted by Gasteiger charge is -2.16. The quantitative estimate of drug-likeness (QED) is 0.735. The number of hydrogen-bond acceptors (Lipinski definition) is 3. The highest BCUT2D eigenvalue weighted by atomic mass is 15.1. The van der Waals surface area contributed by atoms with E-state index in [1.54, 1.807) is 0 Å². The summed E-state index contributed by atoms with van der Waals surface area (Å²) in [5.41, 5.74) is 0. The van der Waals surface area contributed by atoms with Crippen LogP contribution in [0.1, 0.15) is 18.7 Å². The van der Waals surface area contributed by atoms with Crippen LogP contribution in [0, 0.1) is 0 Å². The van der Waals surface area contributed by atoms with Gasteiger partial charge in [-0.2, -0.15) is 0 Å². The second-order valence-electron chi connectivity index (χ2n) is 4.74. The van der Waals surface area contributed by atoms with E-state index in [2.05, 4.69) is 33.9 Å². The molecule has 1 aliphatic carbocycles. The van der Waals surface area contributed by atoms with E-state index < -0.39 is 0 Å². The molecule has 1 fully saturated rings. The highest BCUT2D eigenvalue weighted by Crippen LogP contribution is 2.17. The first-order chi connectivity index (χ1) is 7.75. The summed E-state index contributed by atoms with van der Waals surface area (Å²) in [5, 5.41) is 3.53. The van der Waals surface area contributed by atoms with Crippen LogP contribution in [0.4, 0.5) is 0 Å². The van der Waals surface area contributed by atoms with Crippen molar-refractivity contribution in [2.75, 3.05) is 26.7 Å². The smallest absolute Gasteiger partial charge is 0.109 e. The predicted octanol–water partition coefficient (Wildman–Crippen LogP) is 0.646. The number of likely N-dealkylation sites (N-methyl/N-ethyl adjacent to an activating group) is 1. The number of imidazole rings is 1. The van der Waals surface area contributed by atoms with E-state index in [1.807, 2.05) is 12.4 Å². The molecule has 4 nitrogen and oxygen atoms in total. The number of nitrogens with zero attached hydrogens (tertiary/aromatic N) is 3. The molecular formula is C12H22N4. The summed E-state index contributed by atoms with van der Waals surface area (Å²) in [4.78, 5) is 6.69. The predicted molar refractivity (Wildman–Crippen MR) is 65.4 cm³/mol. The second-order valence-corrected chi connectivity index (χ2v) is 4.74. The molecule has 1 heterocycles. The van der Waals surface area contributed by atoms with Crippen molar-refractivity contribution in [3.63, 3.8) is 0 Å². The maximum atomic E-state index is 4.33. The molecule has 90 valence electrons. The summed E-state index contributed by atoms with van der Waals surface area (Å²) in [6.45, 7) is 3.32. The second kappa shape index (κ2) is 5.46.